The number of likely N-dealkylation sites (N-methyl/N-ethyl adjacent to an activating group) is 1. The third kappa shape index (κ3) is 46.2. The monoisotopic (exact) mass is 831 g/mol. The van der Waals surface area contributed by atoms with Gasteiger partial charge in [0.1, 0.15) is 19.3 Å². The zero-order chi connectivity index (χ0) is 42.0. The van der Waals surface area contributed by atoms with E-state index in [0.717, 1.165) is 44.9 Å². The topological polar surface area (TPSA) is 91.3 Å². The first-order valence-electron chi connectivity index (χ1n) is 24.4. The lowest BCUT2D eigenvalue weighted by atomic mass is 10.0. The number of hydrogen-bond donors (Lipinski definition) is 1. The van der Waals surface area contributed by atoms with E-state index in [1.165, 1.54) is 167 Å². The highest BCUT2D eigenvalue weighted by Gasteiger charge is 2.26. The first-order valence-corrected chi connectivity index (χ1v) is 25.9. The maximum absolute atomic E-state index is 12.7. The van der Waals surface area contributed by atoms with E-state index in [2.05, 4.69) is 26.0 Å². The fourth-order valence-corrected chi connectivity index (χ4v) is 7.76. The number of esters is 1. The van der Waals surface area contributed by atoms with Crippen LogP contribution in [0.5, 0.6) is 0 Å². The highest BCUT2D eigenvalue weighted by molar-refractivity contribution is 7.47. The summed E-state index contributed by atoms with van der Waals surface area (Å²) in [4.78, 5) is 22.9. The largest absolute Gasteiger partial charge is 0.472 e. The molecule has 8 nitrogen and oxygen atoms in total. The Hall–Kier alpha value is -0.760. The molecule has 0 aromatic rings. The molecule has 0 saturated heterocycles. The van der Waals surface area contributed by atoms with Crippen LogP contribution in [0.2, 0.25) is 0 Å². The molecule has 0 amide bonds. The lowest BCUT2D eigenvalue weighted by molar-refractivity contribution is -0.870. The Labute approximate surface area is 354 Å². The molecule has 2 unspecified atom stereocenters. The van der Waals surface area contributed by atoms with Crippen LogP contribution in [0.3, 0.4) is 0 Å². The van der Waals surface area contributed by atoms with Crippen LogP contribution in [0.1, 0.15) is 232 Å². The molecule has 0 rings (SSSR count). The molecule has 0 aliphatic rings. The van der Waals surface area contributed by atoms with E-state index in [1.54, 1.807) is 0 Å². The summed E-state index contributed by atoms with van der Waals surface area (Å²) in [6, 6.07) is 0. The minimum atomic E-state index is -4.27. The normalized spacial score (nSPS) is 13.7. The van der Waals surface area contributed by atoms with Crippen LogP contribution in [0.15, 0.2) is 12.2 Å². The molecule has 0 heterocycles. The Kier molecular flexibility index (Phi) is 41.4. The summed E-state index contributed by atoms with van der Waals surface area (Å²) in [5, 5.41) is 0. The molecule has 57 heavy (non-hydrogen) atoms. The van der Waals surface area contributed by atoms with Gasteiger partial charge in [0.05, 0.1) is 34.4 Å². The number of carbonyl (C=O) groups is 1. The first kappa shape index (κ1) is 56.2. The van der Waals surface area contributed by atoms with Crippen molar-refractivity contribution < 1.29 is 37.3 Å². The number of ether oxygens (including phenoxy) is 2. The van der Waals surface area contributed by atoms with Crippen molar-refractivity contribution in [2.75, 3.05) is 54.1 Å². The van der Waals surface area contributed by atoms with Gasteiger partial charge in [-0.25, -0.2) is 4.57 Å². The molecule has 0 aromatic heterocycles. The van der Waals surface area contributed by atoms with Crippen LogP contribution in [-0.4, -0.2) is 75.6 Å². The van der Waals surface area contributed by atoms with Gasteiger partial charge in [-0.2, -0.15) is 0 Å². The number of unbranched alkanes of at least 4 members (excludes halogenated alkanes) is 30. The van der Waals surface area contributed by atoms with Crippen molar-refractivity contribution in [3.05, 3.63) is 12.2 Å². The molecule has 2 atom stereocenters. The van der Waals surface area contributed by atoms with E-state index in [0.29, 0.717) is 24.1 Å². The molecular formula is C48H97NO7P+. The van der Waals surface area contributed by atoms with Gasteiger partial charge in [-0.1, -0.05) is 199 Å². The Morgan fingerprint density at radius 2 is 0.912 bits per heavy atom. The second-order valence-corrected chi connectivity index (χ2v) is 19.3. The maximum Gasteiger partial charge on any atom is 0.472 e. The molecule has 0 fully saturated rings. The summed E-state index contributed by atoms with van der Waals surface area (Å²) in [5.41, 5.74) is 0. The highest BCUT2D eigenvalue weighted by atomic mass is 31.2. The standard InChI is InChI=1S/C48H96NO7P/c1-6-8-10-12-14-16-18-20-21-22-23-24-25-26-27-28-29-30-32-34-36-38-40-43-53-45-47(46-55-57(51,52)54-44-42-49(3,4)5)56-48(50)41-39-37-35-33-31-19-17-15-13-11-9-7-2/h15,17,47H,6-14,16,18-46H2,1-5H3/p+1/b17-15-. The lowest BCUT2D eigenvalue weighted by Gasteiger charge is -2.24. The van der Waals surface area contributed by atoms with Crippen LogP contribution in [0.25, 0.3) is 0 Å². The highest BCUT2D eigenvalue weighted by Crippen LogP contribution is 2.43. The van der Waals surface area contributed by atoms with Crippen LogP contribution >= 0.6 is 7.82 Å². The van der Waals surface area contributed by atoms with Gasteiger partial charge in [0.2, 0.25) is 0 Å². The number of quaternary nitrogens is 1. The molecule has 340 valence electrons. The van der Waals surface area contributed by atoms with Gasteiger partial charge in [0.25, 0.3) is 0 Å². The SMILES string of the molecule is CCCCC/C=C\CCCCCCCC(=O)OC(COCCCCCCCCCCCCCCCCCCCCCCCCC)COP(=O)(O)OCC[N+](C)(C)C. The third-order valence-corrected chi connectivity index (χ3v) is 11.8. The summed E-state index contributed by atoms with van der Waals surface area (Å²) in [6.07, 6.45) is 46.9. The molecule has 1 N–H and O–H groups in total. The molecule has 0 aliphatic carbocycles. The molecule has 0 aliphatic heterocycles. The summed E-state index contributed by atoms with van der Waals surface area (Å²) in [6.45, 7) is 5.64. The Bertz CT molecular complexity index is 925. The van der Waals surface area contributed by atoms with E-state index in [4.69, 9.17) is 18.5 Å². The number of phosphoric ester groups is 1. The molecule has 0 radical (unpaired) electrons. The minimum Gasteiger partial charge on any atom is -0.457 e. The third-order valence-electron chi connectivity index (χ3n) is 10.8. The Morgan fingerprint density at radius 1 is 0.526 bits per heavy atom. The van der Waals surface area contributed by atoms with Crippen molar-refractivity contribution in [2.24, 2.45) is 0 Å². The van der Waals surface area contributed by atoms with E-state index >= 15 is 0 Å². The van der Waals surface area contributed by atoms with Gasteiger partial charge >= 0.3 is 13.8 Å². The van der Waals surface area contributed by atoms with Crippen molar-refractivity contribution in [1.82, 2.24) is 0 Å². The van der Waals surface area contributed by atoms with Crippen molar-refractivity contribution in [3.63, 3.8) is 0 Å². The van der Waals surface area contributed by atoms with Crippen molar-refractivity contribution in [2.45, 2.75) is 238 Å². The van der Waals surface area contributed by atoms with E-state index < -0.39 is 13.9 Å². The van der Waals surface area contributed by atoms with Gasteiger partial charge in [-0.3, -0.25) is 13.8 Å². The zero-order valence-electron chi connectivity index (χ0n) is 38.6. The smallest absolute Gasteiger partial charge is 0.457 e. The van der Waals surface area contributed by atoms with Crippen molar-refractivity contribution in [3.8, 4) is 0 Å². The number of hydrogen-bond acceptors (Lipinski definition) is 6. The predicted octanol–water partition coefficient (Wildman–Crippen LogP) is 14.6. The number of rotatable bonds is 46. The Balaban J connectivity index is 4.04. The summed E-state index contributed by atoms with van der Waals surface area (Å²) in [7, 11) is 1.67. The summed E-state index contributed by atoms with van der Waals surface area (Å²) >= 11 is 0. The van der Waals surface area contributed by atoms with Gasteiger partial charge < -0.3 is 18.9 Å². The number of phosphoric acid groups is 1. The number of nitrogens with zero attached hydrogens (tertiary/aromatic N) is 1. The van der Waals surface area contributed by atoms with Gasteiger partial charge in [0, 0.05) is 13.0 Å². The van der Waals surface area contributed by atoms with Gasteiger partial charge in [0.15, 0.2) is 0 Å². The number of carbonyl (C=O) groups excluding carboxylic acids is 1. The fourth-order valence-electron chi connectivity index (χ4n) is 7.02. The number of allylic oxidation sites excluding steroid dienone is 2. The second kappa shape index (κ2) is 42.0. The average Bonchev–Trinajstić information content (AvgIpc) is 3.16. The molecule has 9 heteroatoms. The van der Waals surface area contributed by atoms with Gasteiger partial charge in [-0.15, -0.1) is 0 Å². The van der Waals surface area contributed by atoms with Crippen molar-refractivity contribution in [1.29, 1.82) is 0 Å². The quantitative estimate of drug-likeness (QED) is 0.0215. The first-order chi connectivity index (χ1) is 27.6. The Morgan fingerprint density at radius 3 is 1.37 bits per heavy atom. The van der Waals surface area contributed by atoms with E-state index in [1.807, 2.05) is 21.1 Å². The lowest BCUT2D eigenvalue weighted by Crippen LogP contribution is -2.37. The van der Waals surface area contributed by atoms with Crippen LogP contribution in [-0.2, 0) is 27.9 Å². The van der Waals surface area contributed by atoms with E-state index in [-0.39, 0.29) is 25.8 Å². The predicted molar refractivity (Wildman–Crippen MR) is 243 cm³/mol. The zero-order valence-corrected chi connectivity index (χ0v) is 39.5. The summed E-state index contributed by atoms with van der Waals surface area (Å²) in [5.74, 6) is -0.319. The molecular weight excluding hydrogens is 734 g/mol. The average molecular weight is 831 g/mol. The summed E-state index contributed by atoms with van der Waals surface area (Å²) < 4.78 is 35.0. The van der Waals surface area contributed by atoms with Crippen LogP contribution < -0.4 is 0 Å². The van der Waals surface area contributed by atoms with E-state index in [9.17, 15) is 14.3 Å². The molecule has 0 aromatic carbocycles. The molecule has 0 spiro atoms. The molecule has 0 bridgehead atoms. The van der Waals surface area contributed by atoms with Crippen LogP contribution in [0, 0.1) is 0 Å². The van der Waals surface area contributed by atoms with Gasteiger partial charge in [-0.05, 0) is 38.5 Å². The fraction of sp³-hybridized carbons (Fsp3) is 0.938. The van der Waals surface area contributed by atoms with Crippen molar-refractivity contribution >= 4 is 13.8 Å². The van der Waals surface area contributed by atoms with Crippen LogP contribution in [0.4, 0.5) is 0 Å². The minimum absolute atomic E-state index is 0.0903. The second-order valence-electron chi connectivity index (χ2n) is 17.9. The maximum atomic E-state index is 12.7. The molecule has 0 saturated carbocycles.